The van der Waals surface area contributed by atoms with Gasteiger partial charge in [-0.2, -0.15) is 0 Å². The largest absolute Gasteiger partial charge is 0.324 e. The zero-order chi connectivity index (χ0) is 15.4. The summed E-state index contributed by atoms with van der Waals surface area (Å²) in [6.45, 7) is 6.01. The molecule has 1 N–H and O–H groups in total. The number of amides is 1. The van der Waals surface area contributed by atoms with E-state index in [2.05, 4.69) is 37.4 Å². The Bertz CT molecular complexity index is 657. The molecule has 21 heavy (non-hydrogen) atoms. The van der Waals surface area contributed by atoms with Gasteiger partial charge in [0.25, 0.3) is 0 Å². The second-order valence-corrected chi connectivity index (χ2v) is 6.79. The molecule has 0 heterocycles. The standard InChI is InChI=1S/C17H18ClNOS/c1-11-8-9-12(2)16(10-11)21-13(3)17(20)19-15-7-5-4-6-14(15)18/h4-10,13H,1-3H3,(H,19,20). The molecule has 4 heteroatoms. The van der Waals surface area contributed by atoms with Crippen molar-refractivity contribution >= 4 is 35.0 Å². The highest BCUT2D eigenvalue weighted by Crippen LogP contribution is 2.29. The second-order valence-electron chi connectivity index (χ2n) is 5.00. The number of aryl methyl sites for hydroxylation is 2. The SMILES string of the molecule is Cc1ccc(C)c(SC(C)C(=O)Nc2ccccc2Cl)c1. The topological polar surface area (TPSA) is 29.1 Å². The van der Waals surface area contributed by atoms with Crippen LogP contribution in [-0.2, 0) is 4.79 Å². The number of carbonyl (C=O) groups is 1. The molecule has 0 aromatic heterocycles. The maximum absolute atomic E-state index is 12.3. The number of rotatable bonds is 4. The first kappa shape index (κ1) is 15.9. The van der Waals surface area contributed by atoms with Crippen LogP contribution in [0, 0.1) is 13.8 Å². The molecule has 1 amide bonds. The van der Waals surface area contributed by atoms with Crippen LogP contribution in [0.3, 0.4) is 0 Å². The Balaban J connectivity index is 2.06. The quantitative estimate of drug-likeness (QED) is 0.796. The van der Waals surface area contributed by atoms with Crippen LogP contribution in [0.4, 0.5) is 5.69 Å². The van der Waals surface area contributed by atoms with Gasteiger partial charge in [0.1, 0.15) is 0 Å². The molecule has 0 spiro atoms. The van der Waals surface area contributed by atoms with Crippen molar-refractivity contribution in [3.8, 4) is 0 Å². The molecular formula is C17H18ClNOS. The molecule has 110 valence electrons. The van der Waals surface area contributed by atoms with Gasteiger partial charge < -0.3 is 5.32 Å². The van der Waals surface area contributed by atoms with E-state index in [-0.39, 0.29) is 11.2 Å². The van der Waals surface area contributed by atoms with Crippen LogP contribution in [0.5, 0.6) is 0 Å². The normalized spacial score (nSPS) is 12.0. The fraction of sp³-hybridized carbons (Fsp3) is 0.235. The van der Waals surface area contributed by atoms with Crippen LogP contribution in [0.1, 0.15) is 18.1 Å². The van der Waals surface area contributed by atoms with Crippen LogP contribution < -0.4 is 5.32 Å². The van der Waals surface area contributed by atoms with E-state index in [4.69, 9.17) is 11.6 Å². The third-order valence-electron chi connectivity index (χ3n) is 3.15. The Morgan fingerprint density at radius 2 is 1.90 bits per heavy atom. The van der Waals surface area contributed by atoms with E-state index in [0.717, 1.165) is 4.90 Å². The predicted molar refractivity (Wildman–Crippen MR) is 91.3 cm³/mol. The number of carbonyl (C=O) groups excluding carboxylic acids is 1. The van der Waals surface area contributed by atoms with Gasteiger partial charge in [0.2, 0.25) is 5.91 Å². The molecule has 0 saturated heterocycles. The maximum Gasteiger partial charge on any atom is 0.237 e. The third-order valence-corrected chi connectivity index (χ3v) is 4.74. The molecule has 0 aliphatic heterocycles. The lowest BCUT2D eigenvalue weighted by molar-refractivity contribution is -0.115. The fourth-order valence-corrected chi connectivity index (χ4v) is 3.11. The number of hydrogen-bond acceptors (Lipinski definition) is 2. The van der Waals surface area contributed by atoms with Crippen LogP contribution >= 0.6 is 23.4 Å². The number of para-hydroxylation sites is 1. The number of anilines is 1. The molecule has 1 atom stereocenters. The average Bonchev–Trinajstić information content (AvgIpc) is 2.45. The zero-order valence-electron chi connectivity index (χ0n) is 12.3. The van der Waals surface area contributed by atoms with Gasteiger partial charge in [0, 0.05) is 4.90 Å². The van der Waals surface area contributed by atoms with E-state index in [1.54, 1.807) is 23.9 Å². The van der Waals surface area contributed by atoms with Crippen LogP contribution in [0.2, 0.25) is 5.02 Å². The van der Waals surface area contributed by atoms with Crippen molar-refractivity contribution < 1.29 is 4.79 Å². The summed E-state index contributed by atoms with van der Waals surface area (Å²) >= 11 is 7.62. The maximum atomic E-state index is 12.3. The van der Waals surface area contributed by atoms with E-state index in [0.29, 0.717) is 10.7 Å². The second kappa shape index (κ2) is 7.01. The van der Waals surface area contributed by atoms with Gasteiger partial charge in [0.15, 0.2) is 0 Å². The number of thioether (sulfide) groups is 1. The molecule has 0 bridgehead atoms. The van der Waals surface area contributed by atoms with Crippen molar-refractivity contribution in [1.29, 1.82) is 0 Å². The number of hydrogen-bond donors (Lipinski definition) is 1. The predicted octanol–water partition coefficient (Wildman–Crippen LogP) is 5.08. The summed E-state index contributed by atoms with van der Waals surface area (Å²) in [6, 6.07) is 13.5. The minimum absolute atomic E-state index is 0.0472. The molecule has 0 aliphatic rings. The number of nitrogens with one attached hydrogen (secondary N) is 1. The highest BCUT2D eigenvalue weighted by Gasteiger charge is 2.16. The molecule has 0 radical (unpaired) electrons. The highest BCUT2D eigenvalue weighted by atomic mass is 35.5. The van der Waals surface area contributed by atoms with Crippen molar-refractivity contribution in [1.82, 2.24) is 0 Å². The van der Waals surface area contributed by atoms with Gasteiger partial charge in [-0.1, -0.05) is 41.4 Å². The monoisotopic (exact) mass is 319 g/mol. The lowest BCUT2D eigenvalue weighted by Gasteiger charge is -2.14. The van der Waals surface area contributed by atoms with E-state index in [1.165, 1.54) is 11.1 Å². The summed E-state index contributed by atoms with van der Waals surface area (Å²) in [5.74, 6) is -0.0472. The zero-order valence-corrected chi connectivity index (χ0v) is 13.9. The first-order chi connectivity index (χ1) is 9.97. The molecule has 0 aliphatic carbocycles. The van der Waals surface area contributed by atoms with E-state index in [9.17, 15) is 4.79 Å². The van der Waals surface area contributed by atoms with Crippen LogP contribution in [0.25, 0.3) is 0 Å². The molecule has 2 nitrogen and oxygen atoms in total. The van der Waals surface area contributed by atoms with Gasteiger partial charge in [-0.15, -0.1) is 11.8 Å². The van der Waals surface area contributed by atoms with Crippen molar-refractivity contribution in [2.75, 3.05) is 5.32 Å². The lowest BCUT2D eigenvalue weighted by Crippen LogP contribution is -2.22. The van der Waals surface area contributed by atoms with Crippen LogP contribution in [-0.4, -0.2) is 11.2 Å². The van der Waals surface area contributed by atoms with Crippen LogP contribution in [0.15, 0.2) is 47.4 Å². The fourth-order valence-electron chi connectivity index (χ4n) is 1.88. The van der Waals surface area contributed by atoms with E-state index < -0.39 is 0 Å². The summed E-state index contributed by atoms with van der Waals surface area (Å²) in [5, 5.41) is 3.23. The van der Waals surface area contributed by atoms with Gasteiger partial charge >= 0.3 is 0 Å². The summed E-state index contributed by atoms with van der Waals surface area (Å²) in [7, 11) is 0. The summed E-state index contributed by atoms with van der Waals surface area (Å²) in [5.41, 5.74) is 3.03. The van der Waals surface area contributed by atoms with Gasteiger partial charge in [0.05, 0.1) is 16.0 Å². The summed E-state index contributed by atoms with van der Waals surface area (Å²) in [4.78, 5) is 13.4. The van der Waals surface area contributed by atoms with Gasteiger partial charge in [-0.3, -0.25) is 4.79 Å². The molecule has 0 fully saturated rings. The highest BCUT2D eigenvalue weighted by molar-refractivity contribution is 8.00. The van der Waals surface area contributed by atoms with E-state index >= 15 is 0 Å². The molecule has 2 aromatic carbocycles. The molecule has 1 unspecified atom stereocenters. The van der Waals surface area contributed by atoms with Crippen molar-refractivity contribution in [3.63, 3.8) is 0 Å². The smallest absolute Gasteiger partial charge is 0.237 e. The average molecular weight is 320 g/mol. The van der Waals surface area contributed by atoms with Crippen molar-refractivity contribution in [2.45, 2.75) is 30.9 Å². The number of benzene rings is 2. The molecule has 0 saturated carbocycles. The Kier molecular flexibility index (Phi) is 5.32. The van der Waals surface area contributed by atoms with Gasteiger partial charge in [-0.05, 0) is 44.5 Å². The minimum atomic E-state index is -0.193. The Morgan fingerprint density at radius 1 is 1.19 bits per heavy atom. The summed E-state index contributed by atoms with van der Waals surface area (Å²) < 4.78 is 0. The Labute approximate surface area is 134 Å². The lowest BCUT2D eigenvalue weighted by atomic mass is 10.2. The Morgan fingerprint density at radius 3 is 2.62 bits per heavy atom. The first-order valence-electron chi connectivity index (χ1n) is 6.76. The first-order valence-corrected chi connectivity index (χ1v) is 8.02. The van der Waals surface area contributed by atoms with Gasteiger partial charge in [-0.25, -0.2) is 0 Å². The molecule has 2 aromatic rings. The van der Waals surface area contributed by atoms with E-state index in [1.807, 2.05) is 19.1 Å². The molecular weight excluding hydrogens is 302 g/mol. The minimum Gasteiger partial charge on any atom is -0.324 e. The van der Waals surface area contributed by atoms with Crippen molar-refractivity contribution in [3.05, 3.63) is 58.6 Å². The summed E-state index contributed by atoms with van der Waals surface area (Å²) in [6.07, 6.45) is 0. The number of halogens is 1. The third kappa shape index (κ3) is 4.26. The Hall–Kier alpha value is -1.45. The van der Waals surface area contributed by atoms with Crippen molar-refractivity contribution in [2.24, 2.45) is 0 Å². The molecule has 2 rings (SSSR count).